The molecule has 2 aromatic rings. The maximum absolute atomic E-state index is 10.8. The van der Waals surface area contributed by atoms with Crippen molar-refractivity contribution in [1.82, 2.24) is 0 Å². The maximum atomic E-state index is 10.8. The molecule has 21 heavy (non-hydrogen) atoms. The van der Waals surface area contributed by atoms with Crippen molar-refractivity contribution in [3.05, 3.63) is 53.6 Å². The number of anilines is 2. The fourth-order valence-corrected chi connectivity index (χ4v) is 2.10. The minimum absolute atomic E-state index is 0.571. The van der Waals surface area contributed by atoms with Gasteiger partial charge in [0.05, 0.1) is 7.11 Å². The molecule has 0 spiro atoms. The standard InChI is InChI=1S/C16H19N3O2/c1-11-8-12(6-7-15(11)21-2)10-18-13-4-3-5-14(9-13)19-16(17)20/h3-9,18H,10H2,1-2H3,(H3,17,19,20). The van der Waals surface area contributed by atoms with E-state index >= 15 is 0 Å². The lowest BCUT2D eigenvalue weighted by Crippen LogP contribution is -2.19. The van der Waals surface area contributed by atoms with E-state index in [0.717, 1.165) is 22.6 Å². The van der Waals surface area contributed by atoms with Gasteiger partial charge in [0.15, 0.2) is 0 Å². The zero-order valence-electron chi connectivity index (χ0n) is 12.1. The van der Waals surface area contributed by atoms with E-state index in [-0.39, 0.29) is 0 Å². The summed E-state index contributed by atoms with van der Waals surface area (Å²) < 4.78 is 5.24. The molecule has 0 aliphatic carbocycles. The summed E-state index contributed by atoms with van der Waals surface area (Å²) in [7, 11) is 1.66. The van der Waals surface area contributed by atoms with Crippen LogP contribution >= 0.6 is 0 Å². The SMILES string of the molecule is COc1ccc(CNc2cccc(NC(N)=O)c2)cc1C. The number of urea groups is 1. The Labute approximate surface area is 124 Å². The first-order valence-electron chi connectivity index (χ1n) is 6.62. The summed E-state index contributed by atoms with van der Waals surface area (Å²) in [4.78, 5) is 10.8. The van der Waals surface area contributed by atoms with Gasteiger partial charge >= 0.3 is 6.03 Å². The predicted molar refractivity (Wildman–Crippen MR) is 84.7 cm³/mol. The Morgan fingerprint density at radius 1 is 1.19 bits per heavy atom. The number of methoxy groups -OCH3 is 1. The number of nitrogens with two attached hydrogens (primary N) is 1. The Balaban J connectivity index is 2.02. The Hall–Kier alpha value is -2.69. The predicted octanol–water partition coefficient (Wildman–Crippen LogP) is 3.11. The van der Waals surface area contributed by atoms with E-state index in [1.165, 1.54) is 0 Å². The van der Waals surface area contributed by atoms with Crippen LogP contribution in [0.3, 0.4) is 0 Å². The van der Waals surface area contributed by atoms with E-state index < -0.39 is 6.03 Å². The molecule has 2 rings (SSSR count). The Bertz CT molecular complexity index is 641. The number of hydrogen-bond donors (Lipinski definition) is 3. The van der Waals surface area contributed by atoms with Crippen molar-refractivity contribution in [2.45, 2.75) is 13.5 Å². The molecule has 0 saturated heterocycles. The smallest absolute Gasteiger partial charge is 0.316 e. The number of carbonyl (C=O) groups excluding carboxylic acids is 1. The highest BCUT2D eigenvalue weighted by Gasteiger charge is 2.01. The van der Waals surface area contributed by atoms with Gasteiger partial charge in [0.25, 0.3) is 0 Å². The van der Waals surface area contributed by atoms with Gasteiger partial charge in [0, 0.05) is 17.9 Å². The Kier molecular flexibility index (Phi) is 4.66. The van der Waals surface area contributed by atoms with Crippen LogP contribution in [0.1, 0.15) is 11.1 Å². The molecule has 0 bridgehead atoms. The Morgan fingerprint density at radius 2 is 1.95 bits per heavy atom. The van der Waals surface area contributed by atoms with Crippen molar-refractivity contribution in [1.29, 1.82) is 0 Å². The molecule has 0 fully saturated rings. The number of nitrogens with one attached hydrogen (secondary N) is 2. The van der Waals surface area contributed by atoms with Gasteiger partial charge in [0.1, 0.15) is 5.75 Å². The lowest BCUT2D eigenvalue weighted by Gasteiger charge is -2.10. The van der Waals surface area contributed by atoms with Crippen LogP contribution in [0, 0.1) is 6.92 Å². The number of ether oxygens (including phenoxy) is 1. The number of benzene rings is 2. The highest BCUT2D eigenvalue weighted by molar-refractivity contribution is 5.88. The molecule has 0 heterocycles. The van der Waals surface area contributed by atoms with E-state index in [2.05, 4.69) is 16.7 Å². The monoisotopic (exact) mass is 285 g/mol. The minimum Gasteiger partial charge on any atom is -0.496 e. The van der Waals surface area contributed by atoms with Crippen LogP contribution < -0.4 is 21.1 Å². The molecule has 0 aliphatic heterocycles. The number of amides is 2. The third kappa shape index (κ3) is 4.14. The van der Waals surface area contributed by atoms with Crippen molar-refractivity contribution < 1.29 is 9.53 Å². The first kappa shape index (κ1) is 14.7. The summed E-state index contributed by atoms with van der Waals surface area (Å²) in [6, 6.07) is 12.9. The highest BCUT2D eigenvalue weighted by atomic mass is 16.5. The van der Waals surface area contributed by atoms with Crippen LogP contribution in [0.4, 0.5) is 16.2 Å². The molecule has 0 aliphatic rings. The van der Waals surface area contributed by atoms with Gasteiger partial charge in [-0.3, -0.25) is 0 Å². The van der Waals surface area contributed by atoms with Crippen molar-refractivity contribution in [3.8, 4) is 5.75 Å². The lowest BCUT2D eigenvalue weighted by molar-refractivity contribution is 0.259. The zero-order chi connectivity index (χ0) is 15.2. The van der Waals surface area contributed by atoms with Crippen molar-refractivity contribution in [2.24, 2.45) is 5.73 Å². The van der Waals surface area contributed by atoms with Gasteiger partial charge in [0.2, 0.25) is 0 Å². The van der Waals surface area contributed by atoms with Crippen LogP contribution in [0.2, 0.25) is 0 Å². The summed E-state index contributed by atoms with van der Waals surface area (Å²) in [6.07, 6.45) is 0. The third-order valence-electron chi connectivity index (χ3n) is 3.09. The molecule has 110 valence electrons. The summed E-state index contributed by atoms with van der Waals surface area (Å²) in [5.74, 6) is 0.881. The number of carbonyl (C=O) groups is 1. The number of aryl methyl sites for hydroxylation is 1. The number of rotatable bonds is 5. The molecule has 2 aromatic carbocycles. The molecular formula is C16H19N3O2. The summed E-state index contributed by atoms with van der Waals surface area (Å²) in [5.41, 5.74) is 8.93. The molecule has 4 N–H and O–H groups in total. The first-order valence-corrected chi connectivity index (χ1v) is 6.62. The van der Waals surface area contributed by atoms with E-state index in [1.54, 1.807) is 13.2 Å². The molecule has 0 radical (unpaired) electrons. The summed E-state index contributed by atoms with van der Waals surface area (Å²) in [6.45, 7) is 2.70. The van der Waals surface area contributed by atoms with Gasteiger partial charge in [-0.25, -0.2) is 4.79 Å². The van der Waals surface area contributed by atoms with Crippen LogP contribution in [-0.2, 0) is 6.54 Å². The number of hydrogen-bond acceptors (Lipinski definition) is 3. The molecular weight excluding hydrogens is 266 g/mol. The zero-order valence-corrected chi connectivity index (χ0v) is 12.1. The molecule has 2 amide bonds. The van der Waals surface area contributed by atoms with Gasteiger partial charge in [-0.15, -0.1) is 0 Å². The van der Waals surface area contributed by atoms with E-state index in [1.807, 2.05) is 37.3 Å². The normalized spacial score (nSPS) is 10.0. The molecule has 5 nitrogen and oxygen atoms in total. The number of primary amides is 1. The van der Waals surface area contributed by atoms with Crippen LogP contribution in [-0.4, -0.2) is 13.1 Å². The average molecular weight is 285 g/mol. The van der Waals surface area contributed by atoms with Gasteiger partial charge < -0.3 is 21.1 Å². The maximum Gasteiger partial charge on any atom is 0.316 e. The fourth-order valence-electron chi connectivity index (χ4n) is 2.10. The van der Waals surface area contributed by atoms with E-state index in [9.17, 15) is 4.79 Å². The second-order valence-corrected chi connectivity index (χ2v) is 4.73. The van der Waals surface area contributed by atoms with Crippen LogP contribution in [0.5, 0.6) is 5.75 Å². The van der Waals surface area contributed by atoms with Crippen molar-refractivity contribution >= 4 is 17.4 Å². The first-order chi connectivity index (χ1) is 10.1. The van der Waals surface area contributed by atoms with Gasteiger partial charge in [-0.2, -0.15) is 0 Å². The quantitative estimate of drug-likeness (QED) is 0.790. The second kappa shape index (κ2) is 6.65. The topological polar surface area (TPSA) is 76.4 Å². The average Bonchev–Trinajstić information content (AvgIpc) is 2.45. The molecule has 0 unspecified atom stereocenters. The van der Waals surface area contributed by atoms with E-state index in [4.69, 9.17) is 10.5 Å². The Morgan fingerprint density at radius 3 is 2.62 bits per heavy atom. The largest absolute Gasteiger partial charge is 0.496 e. The van der Waals surface area contributed by atoms with E-state index in [0.29, 0.717) is 12.2 Å². The van der Waals surface area contributed by atoms with Crippen molar-refractivity contribution in [3.63, 3.8) is 0 Å². The van der Waals surface area contributed by atoms with Gasteiger partial charge in [-0.05, 0) is 42.3 Å². The van der Waals surface area contributed by atoms with Crippen LogP contribution in [0.15, 0.2) is 42.5 Å². The molecule has 5 heteroatoms. The van der Waals surface area contributed by atoms with Gasteiger partial charge in [-0.1, -0.05) is 18.2 Å². The highest BCUT2D eigenvalue weighted by Crippen LogP contribution is 2.20. The van der Waals surface area contributed by atoms with Crippen LogP contribution in [0.25, 0.3) is 0 Å². The van der Waals surface area contributed by atoms with Crippen molar-refractivity contribution in [2.75, 3.05) is 17.7 Å². The third-order valence-corrected chi connectivity index (χ3v) is 3.09. The minimum atomic E-state index is -0.571. The summed E-state index contributed by atoms with van der Waals surface area (Å²) >= 11 is 0. The second-order valence-electron chi connectivity index (χ2n) is 4.73. The lowest BCUT2D eigenvalue weighted by atomic mass is 10.1. The molecule has 0 aromatic heterocycles. The fraction of sp³-hybridized carbons (Fsp3) is 0.188. The molecule has 0 saturated carbocycles. The molecule has 0 atom stereocenters. The summed E-state index contributed by atoms with van der Waals surface area (Å²) in [5, 5.41) is 5.86.